The Morgan fingerprint density at radius 3 is 2.29 bits per heavy atom. The number of nitrogens with zero attached hydrogens (tertiary/aromatic N) is 2. The van der Waals surface area contributed by atoms with E-state index in [-0.39, 0.29) is 28.3 Å². The van der Waals surface area contributed by atoms with Crippen molar-refractivity contribution in [2.45, 2.75) is 32.2 Å². The first-order valence-corrected chi connectivity index (χ1v) is 11.2. The van der Waals surface area contributed by atoms with Crippen molar-refractivity contribution < 1.29 is 31.9 Å². The van der Waals surface area contributed by atoms with Gasteiger partial charge in [-0.15, -0.1) is 0 Å². The summed E-state index contributed by atoms with van der Waals surface area (Å²) in [5.41, 5.74) is 0.473. The molecule has 0 atom stereocenters. The first-order valence-electron chi connectivity index (χ1n) is 9.71. The number of ether oxygens (including phenoxy) is 2. The molecule has 1 heterocycles. The number of aryl methyl sites for hydroxylation is 1. The molecule has 9 nitrogen and oxygen atoms in total. The van der Waals surface area contributed by atoms with Gasteiger partial charge in [-0.05, 0) is 31.2 Å². The molecule has 0 bridgehead atoms. The first kappa shape index (κ1) is 24.4. The molecule has 0 unspecified atom stereocenters. The van der Waals surface area contributed by atoms with Gasteiger partial charge in [-0.3, -0.25) is 4.79 Å². The highest BCUT2D eigenvalue weighted by Gasteiger charge is 2.27. The van der Waals surface area contributed by atoms with Crippen LogP contribution in [-0.4, -0.2) is 63.9 Å². The van der Waals surface area contributed by atoms with E-state index in [1.807, 2.05) is 0 Å². The predicted molar refractivity (Wildman–Crippen MR) is 114 cm³/mol. The van der Waals surface area contributed by atoms with Crippen LogP contribution in [0.2, 0.25) is 0 Å². The number of benzene rings is 1. The van der Waals surface area contributed by atoms with Gasteiger partial charge in [0, 0.05) is 25.7 Å². The van der Waals surface area contributed by atoms with E-state index in [4.69, 9.17) is 13.9 Å². The zero-order valence-electron chi connectivity index (χ0n) is 18.6. The third-order valence-electron chi connectivity index (χ3n) is 4.85. The molecule has 1 aromatic heterocycles. The molecule has 170 valence electrons. The monoisotopic (exact) mass is 452 g/mol. The Morgan fingerprint density at radius 1 is 1.10 bits per heavy atom. The van der Waals surface area contributed by atoms with Gasteiger partial charge in [0.2, 0.25) is 10.0 Å². The number of carbonyl (C=O) groups excluding carboxylic acids is 2. The Bertz CT molecular complexity index is 1060. The Hall–Kier alpha value is -2.85. The maximum atomic E-state index is 13.0. The lowest BCUT2D eigenvalue weighted by atomic mass is 10.2. The van der Waals surface area contributed by atoms with Crippen LogP contribution in [0.4, 0.5) is 0 Å². The van der Waals surface area contributed by atoms with Crippen LogP contribution in [0.5, 0.6) is 5.75 Å². The molecule has 0 saturated carbocycles. The highest BCUT2D eigenvalue weighted by molar-refractivity contribution is 7.89. The van der Waals surface area contributed by atoms with E-state index in [1.54, 1.807) is 27.8 Å². The minimum Gasteiger partial charge on any atom is -0.495 e. The van der Waals surface area contributed by atoms with Crippen molar-refractivity contribution in [2.75, 3.05) is 34.4 Å². The van der Waals surface area contributed by atoms with Crippen LogP contribution in [0.15, 0.2) is 33.6 Å². The zero-order chi connectivity index (χ0) is 23.3. The molecule has 0 fully saturated rings. The molecule has 2 aromatic rings. The third-order valence-corrected chi connectivity index (χ3v) is 6.92. The van der Waals surface area contributed by atoms with Crippen LogP contribution in [0.25, 0.3) is 0 Å². The molecule has 1 amide bonds. The second kappa shape index (κ2) is 9.97. The van der Waals surface area contributed by atoms with Crippen molar-refractivity contribution >= 4 is 21.9 Å². The summed E-state index contributed by atoms with van der Waals surface area (Å²) in [7, 11) is 0.377. The van der Waals surface area contributed by atoms with Gasteiger partial charge in [0.05, 0.1) is 20.8 Å². The van der Waals surface area contributed by atoms with E-state index in [1.165, 1.54) is 47.7 Å². The smallest absolute Gasteiger partial charge is 0.341 e. The summed E-state index contributed by atoms with van der Waals surface area (Å²) in [6.45, 7) is 5.78. The van der Waals surface area contributed by atoms with Crippen molar-refractivity contribution in [1.82, 2.24) is 9.21 Å². The van der Waals surface area contributed by atoms with E-state index >= 15 is 0 Å². The Morgan fingerprint density at radius 2 is 1.74 bits per heavy atom. The molecular weight excluding hydrogens is 424 g/mol. The van der Waals surface area contributed by atoms with Gasteiger partial charge in [0.15, 0.2) is 0 Å². The molecule has 10 heteroatoms. The Balaban J connectivity index is 2.34. The number of carbonyl (C=O) groups is 2. The number of amides is 1. The van der Waals surface area contributed by atoms with Gasteiger partial charge < -0.3 is 18.8 Å². The summed E-state index contributed by atoms with van der Waals surface area (Å²) in [5.74, 6) is 0.0173. The number of methoxy groups -OCH3 is 2. The standard InChI is InChI=1S/C21H28N2O7S/c1-7-23(8-2)31(26,27)19-11-15(9-10-18(19)28-5)20(24)22(4)13-16-12-17(14(3)30-16)21(25)29-6/h9-12H,7-8,13H2,1-6H3. The van der Waals surface area contributed by atoms with Gasteiger partial charge in [-0.2, -0.15) is 4.31 Å². The molecule has 0 aliphatic heterocycles. The number of rotatable bonds is 9. The van der Waals surface area contributed by atoms with Crippen LogP contribution >= 0.6 is 0 Å². The lowest BCUT2D eigenvalue weighted by molar-refractivity contribution is 0.0598. The minimum absolute atomic E-state index is 0.0697. The summed E-state index contributed by atoms with van der Waals surface area (Å²) < 4.78 is 42.8. The Labute approximate surface area is 182 Å². The fourth-order valence-electron chi connectivity index (χ4n) is 3.17. The van der Waals surface area contributed by atoms with Crippen LogP contribution in [0.1, 0.15) is 46.1 Å². The fourth-order valence-corrected chi connectivity index (χ4v) is 4.81. The quantitative estimate of drug-likeness (QED) is 0.539. The SMILES string of the molecule is CCN(CC)S(=O)(=O)c1cc(C(=O)N(C)Cc2cc(C(=O)OC)c(C)o2)ccc1OC. The highest BCUT2D eigenvalue weighted by Crippen LogP contribution is 2.28. The summed E-state index contributed by atoms with van der Waals surface area (Å²) in [4.78, 5) is 26.0. The molecule has 0 aliphatic rings. The second-order valence-electron chi connectivity index (χ2n) is 6.79. The van der Waals surface area contributed by atoms with Gasteiger partial charge in [0.25, 0.3) is 5.91 Å². The second-order valence-corrected chi connectivity index (χ2v) is 8.70. The van der Waals surface area contributed by atoms with Crippen LogP contribution < -0.4 is 4.74 Å². The topological polar surface area (TPSA) is 106 Å². The molecule has 0 radical (unpaired) electrons. The average molecular weight is 453 g/mol. The molecule has 0 spiro atoms. The third kappa shape index (κ3) is 5.08. The van der Waals surface area contributed by atoms with E-state index in [9.17, 15) is 18.0 Å². The zero-order valence-corrected chi connectivity index (χ0v) is 19.4. The first-order chi connectivity index (χ1) is 14.6. The van der Waals surface area contributed by atoms with E-state index in [0.29, 0.717) is 24.6 Å². The van der Waals surface area contributed by atoms with Gasteiger partial charge in [-0.25, -0.2) is 13.2 Å². The van der Waals surface area contributed by atoms with Crippen LogP contribution in [0.3, 0.4) is 0 Å². The van der Waals surface area contributed by atoms with Crippen molar-refractivity contribution in [3.05, 3.63) is 46.9 Å². The number of furan rings is 1. The van der Waals surface area contributed by atoms with Crippen LogP contribution in [0, 0.1) is 6.92 Å². The summed E-state index contributed by atoms with van der Waals surface area (Å²) in [6.07, 6.45) is 0. The predicted octanol–water partition coefficient (Wildman–Crippen LogP) is 2.69. The van der Waals surface area contributed by atoms with Gasteiger partial charge in [-0.1, -0.05) is 13.8 Å². The highest BCUT2D eigenvalue weighted by atomic mass is 32.2. The molecule has 0 N–H and O–H groups in total. The van der Waals surface area contributed by atoms with Gasteiger partial charge in [0.1, 0.15) is 27.7 Å². The molecule has 2 rings (SSSR count). The molecule has 0 aliphatic carbocycles. The van der Waals surface area contributed by atoms with Gasteiger partial charge >= 0.3 is 5.97 Å². The lowest BCUT2D eigenvalue weighted by Crippen LogP contribution is -2.31. The number of hydrogen-bond donors (Lipinski definition) is 0. The summed E-state index contributed by atoms with van der Waals surface area (Å²) in [6, 6.07) is 5.81. The fraction of sp³-hybridized carbons (Fsp3) is 0.429. The number of esters is 1. The molecule has 31 heavy (non-hydrogen) atoms. The van der Waals surface area contributed by atoms with Crippen molar-refractivity contribution in [3.8, 4) is 5.75 Å². The van der Waals surface area contributed by atoms with E-state index < -0.39 is 21.9 Å². The van der Waals surface area contributed by atoms with Crippen LogP contribution in [-0.2, 0) is 21.3 Å². The maximum absolute atomic E-state index is 13.0. The summed E-state index contributed by atoms with van der Waals surface area (Å²) in [5, 5.41) is 0. The maximum Gasteiger partial charge on any atom is 0.341 e. The number of sulfonamides is 1. The van der Waals surface area contributed by atoms with Crippen molar-refractivity contribution in [2.24, 2.45) is 0 Å². The largest absolute Gasteiger partial charge is 0.495 e. The van der Waals surface area contributed by atoms with E-state index in [2.05, 4.69) is 0 Å². The lowest BCUT2D eigenvalue weighted by Gasteiger charge is -2.21. The average Bonchev–Trinajstić information content (AvgIpc) is 3.12. The molecule has 1 aromatic carbocycles. The number of hydrogen-bond acceptors (Lipinski definition) is 7. The minimum atomic E-state index is -3.83. The van der Waals surface area contributed by atoms with E-state index in [0.717, 1.165) is 0 Å². The Kier molecular flexibility index (Phi) is 7.85. The van der Waals surface area contributed by atoms with Crippen molar-refractivity contribution in [3.63, 3.8) is 0 Å². The molecule has 0 saturated heterocycles. The summed E-state index contributed by atoms with van der Waals surface area (Å²) >= 11 is 0. The normalized spacial score (nSPS) is 11.5. The molecular formula is C21H28N2O7S. The van der Waals surface area contributed by atoms with Crippen molar-refractivity contribution in [1.29, 1.82) is 0 Å².